The van der Waals surface area contributed by atoms with Crippen molar-refractivity contribution in [1.29, 1.82) is 0 Å². The average molecular weight is 365 g/mol. The molecule has 2 unspecified atom stereocenters. The molecule has 2 fully saturated rings. The molecule has 4 N–H and O–H groups in total. The van der Waals surface area contributed by atoms with Gasteiger partial charge in [0.25, 0.3) is 0 Å². The van der Waals surface area contributed by atoms with Crippen LogP contribution < -0.4 is 16.4 Å². The Bertz CT molecular complexity index is 213. The maximum Gasteiger partial charge on any atom is 0.0263 e. The van der Waals surface area contributed by atoms with E-state index >= 15 is 0 Å². The molecule has 2 rings (SSSR count). The van der Waals surface area contributed by atoms with Gasteiger partial charge in [0.1, 0.15) is 0 Å². The van der Waals surface area contributed by atoms with Gasteiger partial charge in [0.05, 0.1) is 0 Å². The third-order valence-electron chi connectivity index (χ3n) is 4.44. The number of hydrogen-bond acceptors (Lipinski definition) is 3. The van der Waals surface area contributed by atoms with Gasteiger partial charge in [-0.05, 0) is 25.7 Å². The first-order valence-electron chi connectivity index (χ1n) is 7.64. The van der Waals surface area contributed by atoms with Crippen molar-refractivity contribution in [3.8, 4) is 0 Å². The number of alkyl halides is 1. The normalized spacial score (nSPS) is 37.7. The molecule has 2 aliphatic rings. The Morgan fingerprint density at radius 3 is 2.06 bits per heavy atom. The monoisotopic (exact) mass is 365 g/mol. The summed E-state index contributed by atoms with van der Waals surface area (Å²) in [5.41, 5.74) is 6.14. The van der Waals surface area contributed by atoms with Gasteiger partial charge in [0.15, 0.2) is 0 Å². The smallest absolute Gasteiger partial charge is 0.0263 e. The van der Waals surface area contributed by atoms with E-state index in [1.807, 2.05) is 0 Å². The topological polar surface area (TPSA) is 50.1 Å². The predicted molar refractivity (Wildman–Crippen MR) is 86.3 cm³/mol. The van der Waals surface area contributed by atoms with Crippen LogP contribution in [0.1, 0.15) is 51.4 Å². The summed E-state index contributed by atoms with van der Waals surface area (Å²) in [5.74, 6) is 0. The largest absolute Gasteiger partial charge is 0.326 e. The minimum atomic E-state index is 0.380. The van der Waals surface area contributed by atoms with Crippen molar-refractivity contribution < 1.29 is 0 Å². The standard InChI is InChI=1S/C14H28IN3/c15-11-5-1-3-7-13(11)17-9-10-18-14-8-4-2-6-12(14)16/h11-14,17-18H,1-10,16H2/t11-,12?,13?,14-/m1/s1. The third kappa shape index (κ3) is 4.62. The fraction of sp³-hybridized carbons (Fsp3) is 1.00. The lowest BCUT2D eigenvalue weighted by molar-refractivity contribution is 0.321. The Labute approximate surface area is 125 Å². The van der Waals surface area contributed by atoms with Gasteiger partial charge < -0.3 is 16.4 Å². The van der Waals surface area contributed by atoms with E-state index < -0.39 is 0 Å². The van der Waals surface area contributed by atoms with Gasteiger partial charge in [-0.15, -0.1) is 0 Å². The first-order valence-corrected chi connectivity index (χ1v) is 8.88. The highest BCUT2D eigenvalue weighted by Gasteiger charge is 2.23. The minimum Gasteiger partial charge on any atom is -0.326 e. The van der Waals surface area contributed by atoms with E-state index in [0.29, 0.717) is 12.1 Å². The molecular formula is C14H28IN3. The van der Waals surface area contributed by atoms with Crippen LogP contribution in [0.5, 0.6) is 0 Å². The van der Waals surface area contributed by atoms with Gasteiger partial charge >= 0.3 is 0 Å². The molecule has 18 heavy (non-hydrogen) atoms. The summed E-state index contributed by atoms with van der Waals surface area (Å²) < 4.78 is 0.827. The maximum atomic E-state index is 6.14. The molecule has 106 valence electrons. The molecule has 0 aromatic rings. The van der Waals surface area contributed by atoms with Crippen molar-refractivity contribution in [2.24, 2.45) is 5.73 Å². The van der Waals surface area contributed by atoms with E-state index in [-0.39, 0.29) is 0 Å². The van der Waals surface area contributed by atoms with Crippen molar-refractivity contribution in [3.63, 3.8) is 0 Å². The lowest BCUT2D eigenvalue weighted by atomic mass is 9.91. The van der Waals surface area contributed by atoms with Crippen molar-refractivity contribution in [2.75, 3.05) is 13.1 Å². The van der Waals surface area contributed by atoms with Gasteiger partial charge in [-0.1, -0.05) is 48.3 Å². The highest BCUT2D eigenvalue weighted by atomic mass is 127. The van der Waals surface area contributed by atoms with Gasteiger partial charge in [-0.25, -0.2) is 0 Å². The van der Waals surface area contributed by atoms with E-state index in [0.717, 1.165) is 23.1 Å². The summed E-state index contributed by atoms with van der Waals surface area (Å²) in [4.78, 5) is 0. The maximum absolute atomic E-state index is 6.14. The lowest BCUT2D eigenvalue weighted by Crippen LogP contribution is -2.50. The zero-order chi connectivity index (χ0) is 12.8. The first-order chi connectivity index (χ1) is 8.77. The number of nitrogens with one attached hydrogen (secondary N) is 2. The highest BCUT2D eigenvalue weighted by Crippen LogP contribution is 2.24. The predicted octanol–water partition coefficient (Wildman–Crippen LogP) is 2.18. The first kappa shape index (κ1) is 15.0. The van der Waals surface area contributed by atoms with E-state index in [1.54, 1.807) is 0 Å². The summed E-state index contributed by atoms with van der Waals surface area (Å²) >= 11 is 2.61. The molecule has 0 heterocycles. The quantitative estimate of drug-likeness (QED) is 0.398. The van der Waals surface area contributed by atoms with Gasteiger partial charge in [0.2, 0.25) is 0 Å². The van der Waals surface area contributed by atoms with Crippen molar-refractivity contribution in [3.05, 3.63) is 0 Å². The molecule has 0 spiro atoms. The molecule has 4 heteroatoms. The SMILES string of the molecule is NC1CCCC[C@H]1NCCNC1CCCC[C@H]1I. The van der Waals surface area contributed by atoms with Crippen LogP contribution in [0.2, 0.25) is 0 Å². The molecule has 0 aliphatic heterocycles. The average Bonchev–Trinajstić information content (AvgIpc) is 2.38. The second-order valence-corrected chi connectivity index (χ2v) is 7.47. The Balaban J connectivity index is 1.57. The fourth-order valence-electron chi connectivity index (χ4n) is 3.24. The van der Waals surface area contributed by atoms with Gasteiger partial charge in [0, 0.05) is 35.1 Å². The van der Waals surface area contributed by atoms with Crippen LogP contribution in [0, 0.1) is 0 Å². The Morgan fingerprint density at radius 1 is 0.833 bits per heavy atom. The van der Waals surface area contributed by atoms with Crippen LogP contribution in [0.25, 0.3) is 0 Å². The van der Waals surface area contributed by atoms with Crippen LogP contribution in [0.4, 0.5) is 0 Å². The molecule has 0 saturated heterocycles. The molecule has 2 saturated carbocycles. The molecule has 0 radical (unpaired) electrons. The van der Waals surface area contributed by atoms with Crippen molar-refractivity contribution in [1.82, 2.24) is 10.6 Å². The second-order valence-electron chi connectivity index (χ2n) is 5.87. The van der Waals surface area contributed by atoms with Crippen LogP contribution in [-0.2, 0) is 0 Å². The summed E-state index contributed by atoms with van der Waals surface area (Å²) in [5, 5.41) is 7.35. The Kier molecular flexibility index (Phi) is 6.69. The summed E-state index contributed by atoms with van der Waals surface area (Å²) in [6.45, 7) is 2.16. The minimum absolute atomic E-state index is 0.380. The number of halogens is 1. The van der Waals surface area contributed by atoms with Crippen LogP contribution >= 0.6 is 22.6 Å². The molecular weight excluding hydrogens is 337 g/mol. The van der Waals surface area contributed by atoms with Crippen LogP contribution in [0.15, 0.2) is 0 Å². The number of nitrogens with two attached hydrogens (primary N) is 1. The second kappa shape index (κ2) is 8.02. The lowest BCUT2D eigenvalue weighted by Gasteiger charge is -2.31. The zero-order valence-corrected chi connectivity index (χ0v) is 13.5. The molecule has 2 aliphatic carbocycles. The zero-order valence-electron chi connectivity index (χ0n) is 11.3. The third-order valence-corrected chi connectivity index (χ3v) is 5.93. The van der Waals surface area contributed by atoms with E-state index in [9.17, 15) is 0 Å². The molecule has 0 bridgehead atoms. The molecule has 0 aromatic carbocycles. The van der Waals surface area contributed by atoms with E-state index in [1.165, 1.54) is 51.4 Å². The summed E-state index contributed by atoms with van der Waals surface area (Å²) in [7, 11) is 0. The Morgan fingerprint density at radius 2 is 1.39 bits per heavy atom. The van der Waals surface area contributed by atoms with Gasteiger partial charge in [-0.2, -0.15) is 0 Å². The highest BCUT2D eigenvalue weighted by molar-refractivity contribution is 14.1. The van der Waals surface area contributed by atoms with Crippen LogP contribution in [-0.4, -0.2) is 35.1 Å². The summed E-state index contributed by atoms with van der Waals surface area (Å²) in [6.07, 6.45) is 10.7. The van der Waals surface area contributed by atoms with Crippen LogP contribution in [0.3, 0.4) is 0 Å². The van der Waals surface area contributed by atoms with E-state index in [4.69, 9.17) is 5.73 Å². The Hall–Kier alpha value is 0.610. The number of rotatable bonds is 5. The molecule has 0 amide bonds. The van der Waals surface area contributed by atoms with Crippen molar-refractivity contribution >= 4 is 22.6 Å². The van der Waals surface area contributed by atoms with Crippen molar-refractivity contribution in [2.45, 2.75) is 73.4 Å². The summed E-state index contributed by atoms with van der Waals surface area (Å²) in [6, 6.07) is 1.68. The van der Waals surface area contributed by atoms with Gasteiger partial charge in [-0.3, -0.25) is 0 Å². The molecule has 3 nitrogen and oxygen atoms in total. The number of hydrogen-bond donors (Lipinski definition) is 3. The fourth-order valence-corrected chi connectivity index (χ4v) is 4.30. The van der Waals surface area contributed by atoms with E-state index in [2.05, 4.69) is 33.2 Å². The molecule has 0 aromatic heterocycles. The molecule has 4 atom stereocenters.